The Morgan fingerprint density at radius 3 is 1.83 bits per heavy atom. The van der Waals surface area contributed by atoms with Gasteiger partial charge in [0.15, 0.2) is 0 Å². The highest BCUT2D eigenvalue weighted by Gasteiger charge is 2.40. The third kappa shape index (κ3) is 9.21. The van der Waals surface area contributed by atoms with Gasteiger partial charge in [0.2, 0.25) is 5.82 Å². The summed E-state index contributed by atoms with van der Waals surface area (Å²) in [5, 5.41) is 7.84. The summed E-state index contributed by atoms with van der Waals surface area (Å²) in [4.78, 5) is 52.7. The second-order valence-corrected chi connectivity index (χ2v) is 13.5. The van der Waals surface area contributed by atoms with E-state index in [-0.39, 0.29) is 25.9 Å². The van der Waals surface area contributed by atoms with Gasteiger partial charge < -0.3 is 24.8 Å². The molecule has 0 bridgehead atoms. The number of H-pyrrole nitrogens is 1. The molecule has 0 radical (unpaired) electrons. The quantitative estimate of drug-likeness (QED) is 0.107. The Balaban J connectivity index is 1.17. The summed E-state index contributed by atoms with van der Waals surface area (Å²) in [6, 6.07) is 24.1. The Bertz CT molecular complexity index is 2240. The second-order valence-electron chi connectivity index (χ2n) is 11.8. The number of hydrogen-bond acceptors (Lipinski definition) is 9. The van der Waals surface area contributed by atoms with Crippen molar-refractivity contribution in [2.24, 2.45) is 0 Å². The maximum Gasteiger partial charge on any atom is 0.330 e. The van der Waals surface area contributed by atoms with Crippen LogP contribution < -0.4 is 21.9 Å². The first kappa shape index (κ1) is 37.9. The molecule has 3 unspecified atom stereocenters. The molecule has 0 amide bonds. The summed E-state index contributed by atoms with van der Waals surface area (Å²) in [6.07, 6.45) is -3.08. The fourth-order valence-corrected chi connectivity index (χ4v) is 6.65. The van der Waals surface area contributed by atoms with E-state index in [4.69, 9.17) is 60.6 Å². The molecule has 16 heteroatoms. The van der Waals surface area contributed by atoms with Gasteiger partial charge in [0.25, 0.3) is 5.56 Å². The number of aromatic nitrogens is 2. The first-order valence-corrected chi connectivity index (χ1v) is 17.6. The highest BCUT2D eigenvalue weighted by Crippen LogP contribution is 2.36. The maximum atomic E-state index is 14.2. The highest BCUT2D eigenvalue weighted by molar-refractivity contribution is 6.39. The lowest BCUT2D eigenvalue weighted by atomic mass is 10.1. The van der Waals surface area contributed by atoms with Gasteiger partial charge in [0.1, 0.15) is 25.0 Å². The molecule has 0 saturated carbocycles. The molecule has 53 heavy (non-hydrogen) atoms. The third-order valence-electron chi connectivity index (χ3n) is 8.26. The molecule has 0 spiro atoms. The number of esters is 2. The molecule has 274 valence electrons. The Hall–Kier alpha value is -4.85. The van der Waals surface area contributed by atoms with Crippen LogP contribution in [0.1, 0.15) is 23.8 Å². The van der Waals surface area contributed by atoms with Crippen LogP contribution >= 0.6 is 46.4 Å². The minimum absolute atomic E-state index is 0.125. The van der Waals surface area contributed by atoms with Gasteiger partial charge >= 0.3 is 17.6 Å². The average molecular weight is 802 g/mol. The van der Waals surface area contributed by atoms with Gasteiger partial charge in [-0.25, -0.2) is 4.79 Å². The predicted octanol–water partition coefficient (Wildman–Crippen LogP) is 8.00. The second kappa shape index (κ2) is 16.9. The molecule has 2 heterocycles. The molecule has 1 aliphatic rings. The molecule has 3 atom stereocenters. The van der Waals surface area contributed by atoms with E-state index in [9.17, 15) is 23.6 Å². The van der Waals surface area contributed by atoms with Crippen molar-refractivity contribution in [1.82, 2.24) is 9.55 Å². The Labute approximate surface area is 321 Å². The van der Waals surface area contributed by atoms with E-state index in [0.29, 0.717) is 60.2 Å². The van der Waals surface area contributed by atoms with Crippen LogP contribution in [0.3, 0.4) is 0 Å². The molecule has 4 aromatic carbocycles. The van der Waals surface area contributed by atoms with Crippen LogP contribution in [-0.4, -0.2) is 40.3 Å². The van der Waals surface area contributed by atoms with Gasteiger partial charge in [0, 0.05) is 17.8 Å². The van der Waals surface area contributed by atoms with Gasteiger partial charge in [-0.3, -0.25) is 23.9 Å². The summed E-state index contributed by atoms with van der Waals surface area (Å²) in [5.74, 6) is -2.54. The molecule has 1 fully saturated rings. The number of nitrogens with one attached hydrogen (secondary N) is 3. The molecule has 1 saturated heterocycles. The smallest absolute Gasteiger partial charge is 0.330 e. The summed E-state index contributed by atoms with van der Waals surface area (Å²) < 4.78 is 32.5. The highest BCUT2D eigenvalue weighted by atomic mass is 35.5. The number of benzene rings is 4. The van der Waals surface area contributed by atoms with Crippen LogP contribution in [0.5, 0.6) is 0 Å². The summed E-state index contributed by atoms with van der Waals surface area (Å²) in [7, 11) is 0. The molecule has 3 N–H and O–H groups in total. The van der Waals surface area contributed by atoms with Crippen molar-refractivity contribution in [3.63, 3.8) is 0 Å². The first-order valence-electron chi connectivity index (χ1n) is 16.1. The number of aromatic amines is 1. The molecular formula is C37H29Cl4FN4O7. The SMILES string of the molecule is O=C(Cc1ccccc1Nc1c(Cl)cccc1Cl)OCC1OC(n2cc(F)c(=O)[nH]c2=O)CC1OC(=O)Cc1ccccc1Nc1c(Cl)cccc1Cl. The predicted molar refractivity (Wildman–Crippen MR) is 200 cm³/mol. The third-order valence-corrected chi connectivity index (χ3v) is 9.52. The monoisotopic (exact) mass is 800 g/mol. The van der Waals surface area contributed by atoms with Crippen LogP contribution in [-0.2, 0) is 36.6 Å². The first-order chi connectivity index (χ1) is 25.5. The molecule has 1 aromatic heterocycles. The lowest BCUT2D eigenvalue weighted by Gasteiger charge is -2.20. The van der Waals surface area contributed by atoms with Crippen molar-refractivity contribution in [3.8, 4) is 0 Å². The van der Waals surface area contributed by atoms with Gasteiger partial charge in [0.05, 0.1) is 50.5 Å². The molecule has 1 aliphatic heterocycles. The zero-order chi connectivity index (χ0) is 37.6. The van der Waals surface area contributed by atoms with Crippen LogP contribution in [0, 0.1) is 5.82 Å². The molecule has 6 rings (SSSR count). The molecule has 0 aliphatic carbocycles. The van der Waals surface area contributed by atoms with E-state index in [1.165, 1.54) is 0 Å². The topological polar surface area (TPSA) is 141 Å². The number of nitrogens with zero attached hydrogens (tertiary/aromatic N) is 1. The molecule has 11 nitrogen and oxygen atoms in total. The maximum absolute atomic E-state index is 14.2. The van der Waals surface area contributed by atoms with Crippen LogP contribution in [0.15, 0.2) is 101 Å². The van der Waals surface area contributed by atoms with E-state index < -0.39 is 47.4 Å². The summed E-state index contributed by atoms with van der Waals surface area (Å²) >= 11 is 25.3. The Morgan fingerprint density at radius 2 is 1.28 bits per heavy atom. The number of anilines is 4. The van der Waals surface area contributed by atoms with Gasteiger partial charge in [-0.15, -0.1) is 0 Å². The van der Waals surface area contributed by atoms with Gasteiger partial charge in [-0.05, 0) is 47.5 Å². The van der Waals surface area contributed by atoms with Gasteiger partial charge in [-0.1, -0.05) is 94.9 Å². The molecule has 5 aromatic rings. The number of halogens is 5. The number of hydrogen-bond donors (Lipinski definition) is 3. The number of carbonyl (C=O) groups is 2. The average Bonchev–Trinajstić information content (AvgIpc) is 3.52. The van der Waals surface area contributed by atoms with Gasteiger partial charge in [-0.2, -0.15) is 4.39 Å². The van der Waals surface area contributed by atoms with E-state index >= 15 is 0 Å². The lowest BCUT2D eigenvalue weighted by molar-refractivity contribution is -0.157. The zero-order valence-electron chi connectivity index (χ0n) is 27.4. The van der Waals surface area contributed by atoms with Crippen LogP contribution in [0.2, 0.25) is 20.1 Å². The largest absolute Gasteiger partial charge is 0.463 e. The van der Waals surface area contributed by atoms with Crippen LogP contribution in [0.25, 0.3) is 0 Å². The van der Waals surface area contributed by atoms with Crippen molar-refractivity contribution in [1.29, 1.82) is 0 Å². The fourth-order valence-electron chi connectivity index (χ4n) is 5.66. The van der Waals surface area contributed by atoms with E-state index in [0.717, 1.165) is 4.57 Å². The fraction of sp³-hybridized carbons (Fsp3) is 0.189. The molecular weight excluding hydrogens is 773 g/mol. The number of rotatable bonds is 12. The van der Waals surface area contributed by atoms with Crippen molar-refractivity contribution < 1.29 is 28.2 Å². The van der Waals surface area contributed by atoms with Crippen LogP contribution in [0.4, 0.5) is 27.1 Å². The number of para-hydroxylation sites is 4. The van der Waals surface area contributed by atoms with Crippen molar-refractivity contribution in [3.05, 3.63) is 149 Å². The van der Waals surface area contributed by atoms with E-state index in [1.807, 2.05) is 4.98 Å². The Kier molecular flexibility index (Phi) is 12.1. The van der Waals surface area contributed by atoms with E-state index in [1.54, 1.807) is 84.9 Å². The standard InChI is InChI=1S/C37H29Cl4FN4O7/c38-22-9-5-10-23(39)34(22)43-27-13-3-1-7-20(27)15-32(47)51-19-30-29(17-31(52-30)46-18-26(42)36(49)45-37(46)50)53-33(48)16-21-8-2-4-14-28(21)44-35-24(40)11-6-12-25(35)41/h1-14,18,29-31,43-44H,15-17,19H2,(H,45,49,50). The minimum atomic E-state index is -1.22. The summed E-state index contributed by atoms with van der Waals surface area (Å²) in [5.41, 5.74) is 1.02. The zero-order valence-corrected chi connectivity index (χ0v) is 30.4. The summed E-state index contributed by atoms with van der Waals surface area (Å²) in [6.45, 7) is -0.386. The normalized spacial score (nSPS) is 16.6. The van der Waals surface area contributed by atoms with Crippen molar-refractivity contribution in [2.75, 3.05) is 17.2 Å². The number of ether oxygens (including phenoxy) is 3. The number of carbonyl (C=O) groups excluding carboxylic acids is 2. The van der Waals surface area contributed by atoms with E-state index in [2.05, 4.69) is 10.6 Å². The Morgan fingerprint density at radius 1 is 0.774 bits per heavy atom. The minimum Gasteiger partial charge on any atom is -0.463 e. The van der Waals surface area contributed by atoms with Crippen molar-refractivity contribution in [2.45, 2.75) is 37.7 Å². The lowest BCUT2D eigenvalue weighted by Crippen LogP contribution is -2.34. The van der Waals surface area contributed by atoms with Crippen molar-refractivity contribution >= 4 is 81.1 Å².